The van der Waals surface area contributed by atoms with Crippen LogP contribution >= 0.6 is 0 Å². The molecule has 6 nitrogen and oxygen atoms in total. The van der Waals surface area contributed by atoms with E-state index in [1.807, 2.05) is 6.92 Å². The van der Waals surface area contributed by atoms with E-state index in [2.05, 4.69) is 5.16 Å². The second kappa shape index (κ2) is 5.01. The van der Waals surface area contributed by atoms with Crippen molar-refractivity contribution in [2.24, 2.45) is 0 Å². The number of nitrogens with zero attached hydrogens (tertiary/aromatic N) is 1. The Labute approximate surface area is 109 Å². The minimum atomic E-state index is -1.21. The number of carboxylic acid groups (broad SMARTS) is 1. The summed E-state index contributed by atoms with van der Waals surface area (Å²) in [5, 5.41) is 22.6. The van der Waals surface area contributed by atoms with Gasteiger partial charge >= 0.3 is 5.97 Å². The fraction of sp³-hybridized carbons (Fsp3) is 0.231. The van der Waals surface area contributed by atoms with Crippen molar-refractivity contribution in [3.05, 3.63) is 29.5 Å². The molecule has 19 heavy (non-hydrogen) atoms. The normalized spacial score (nSPS) is 10.4. The van der Waals surface area contributed by atoms with E-state index >= 15 is 0 Å². The summed E-state index contributed by atoms with van der Waals surface area (Å²) in [6.07, 6.45) is 0.655. The van der Waals surface area contributed by atoms with Gasteiger partial charge in [0.15, 0.2) is 11.5 Å². The first-order valence-electron chi connectivity index (χ1n) is 5.67. The number of benzene rings is 1. The highest BCUT2D eigenvalue weighted by Gasteiger charge is 2.19. The molecule has 2 aromatic rings. The van der Waals surface area contributed by atoms with E-state index in [-0.39, 0.29) is 17.2 Å². The van der Waals surface area contributed by atoms with Crippen molar-refractivity contribution < 1.29 is 24.3 Å². The van der Waals surface area contributed by atoms with Gasteiger partial charge in [0.25, 0.3) is 0 Å². The number of phenolic OH excluding ortho intramolecular Hbond substituents is 1. The first-order valence-corrected chi connectivity index (χ1v) is 5.67. The number of aromatic hydroxyl groups is 1. The third-order valence-corrected chi connectivity index (χ3v) is 2.81. The summed E-state index contributed by atoms with van der Waals surface area (Å²) in [4.78, 5) is 10.8. The lowest BCUT2D eigenvalue weighted by atomic mass is 10.0. The van der Waals surface area contributed by atoms with Crippen LogP contribution in [-0.4, -0.2) is 28.4 Å². The van der Waals surface area contributed by atoms with E-state index in [9.17, 15) is 9.90 Å². The SMILES string of the molecule is CCc1ccc(OC)c(O)c1-c1cc(C(=O)O)on1. The molecule has 0 radical (unpaired) electrons. The first kappa shape index (κ1) is 12.9. The molecular weight excluding hydrogens is 250 g/mol. The second-order valence-corrected chi connectivity index (χ2v) is 3.89. The lowest BCUT2D eigenvalue weighted by Crippen LogP contribution is -1.93. The number of hydrogen-bond donors (Lipinski definition) is 2. The van der Waals surface area contributed by atoms with Crippen LogP contribution in [0.5, 0.6) is 11.5 Å². The van der Waals surface area contributed by atoms with Crippen LogP contribution in [0.1, 0.15) is 23.0 Å². The van der Waals surface area contributed by atoms with Gasteiger partial charge in [-0.3, -0.25) is 0 Å². The smallest absolute Gasteiger partial charge is 0.374 e. The van der Waals surface area contributed by atoms with Gasteiger partial charge in [-0.1, -0.05) is 18.1 Å². The predicted octanol–water partition coefficient (Wildman–Crippen LogP) is 2.32. The van der Waals surface area contributed by atoms with Gasteiger partial charge < -0.3 is 19.5 Å². The number of aryl methyl sites for hydroxylation is 1. The van der Waals surface area contributed by atoms with Crippen molar-refractivity contribution in [1.29, 1.82) is 0 Å². The number of hydrogen-bond acceptors (Lipinski definition) is 5. The van der Waals surface area contributed by atoms with E-state index in [0.29, 0.717) is 17.7 Å². The Morgan fingerprint density at radius 1 is 1.47 bits per heavy atom. The summed E-state index contributed by atoms with van der Waals surface area (Å²) in [5.74, 6) is -1.27. The maximum atomic E-state index is 10.8. The largest absolute Gasteiger partial charge is 0.504 e. The van der Waals surface area contributed by atoms with Crippen LogP contribution in [-0.2, 0) is 6.42 Å². The topological polar surface area (TPSA) is 92.8 Å². The minimum absolute atomic E-state index is 0.0768. The molecule has 0 aliphatic carbocycles. The van der Waals surface area contributed by atoms with E-state index in [1.165, 1.54) is 13.2 Å². The van der Waals surface area contributed by atoms with Crippen LogP contribution in [0.2, 0.25) is 0 Å². The van der Waals surface area contributed by atoms with Crippen molar-refractivity contribution in [3.63, 3.8) is 0 Å². The van der Waals surface area contributed by atoms with E-state index in [0.717, 1.165) is 5.56 Å². The summed E-state index contributed by atoms with van der Waals surface area (Å²) in [5.41, 5.74) is 1.52. The maximum absolute atomic E-state index is 10.8. The Hall–Kier alpha value is -2.50. The van der Waals surface area contributed by atoms with Crippen molar-refractivity contribution >= 4 is 5.97 Å². The number of ether oxygens (including phenoxy) is 1. The van der Waals surface area contributed by atoms with Gasteiger partial charge in [0.1, 0.15) is 5.69 Å². The van der Waals surface area contributed by atoms with E-state index in [4.69, 9.17) is 14.4 Å². The van der Waals surface area contributed by atoms with Crippen LogP contribution < -0.4 is 4.74 Å². The highest BCUT2D eigenvalue weighted by Crippen LogP contribution is 2.39. The second-order valence-electron chi connectivity index (χ2n) is 3.89. The average molecular weight is 263 g/mol. The molecule has 0 aliphatic heterocycles. The van der Waals surface area contributed by atoms with Gasteiger partial charge in [-0.2, -0.15) is 0 Å². The molecule has 1 heterocycles. The number of carboxylic acids is 1. The van der Waals surface area contributed by atoms with E-state index in [1.54, 1.807) is 12.1 Å². The number of phenols is 1. The molecule has 6 heteroatoms. The Morgan fingerprint density at radius 2 is 2.21 bits per heavy atom. The number of aromatic carboxylic acids is 1. The molecule has 0 atom stereocenters. The van der Waals surface area contributed by atoms with Crippen molar-refractivity contribution in [2.45, 2.75) is 13.3 Å². The third kappa shape index (κ3) is 2.24. The van der Waals surface area contributed by atoms with Gasteiger partial charge in [-0.15, -0.1) is 0 Å². The molecule has 1 aromatic carbocycles. The fourth-order valence-electron chi connectivity index (χ4n) is 1.85. The fourth-order valence-corrected chi connectivity index (χ4v) is 1.85. The van der Waals surface area contributed by atoms with Crippen LogP contribution in [0.15, 0.2) is 22.7 Å². The maximum Gasteiger partial charge on any atom is 0.374 e. The summed E-state index contributed by atoms with van der Waals surface area (Å²) in [6.45, 7) is 1.92. The van der Waals surface area contributed by atoms with Gasteiger partial charge in [0.2, 0.25) is 5.76 Å². The number of carbonyl (C=O) groups is 1. The molecule has 1 aromatic heterocycles. The van der Waals surface area contributed by atoms with E-state index < -0.39 is 5.97 Å². The van der Waals surface area contributed by atoms with Gasteiger partial charge in [-0.25, -0.2) is 4.79 Å². The van der Waals surface area contributed by atoms with Crippen LogP contribution in [0.25, 0.3) is 11.3 Å². The molecule has 100 valence electrons. The number of rotatable bonds is 4. The molecule has 0 spiro atoms. The predicted molar refractivity (Wildman–Crippen MR) is 66.5 cm³/mol. The molecular formula is C13H13NO5. The molecule has 0 fully saturated rings. The Bertz CT molecular complexity index is 617. The quantitative estimate of drug-likeness (QED) is 0.879. The van der Waals surface area contributed by atoms with Crippen molar-refractivity contribution in [3.8, 4) is 22.8 Å². The Kier molecular flexibility index (Phi) is 3.41. The van der Waals surface area contributed by atoms with Gasteiger partial charge in [0, 0.05) is 6.07 Å². The zero-order chi connectivity index (χ0) is 14.0. The summed E-state index contributed by atoms with van der Waals surface area (Å²) in [6, 6.07) is 4.72. The first-order chi connectivity index (χ1) is 9.08. The van der Waals surface area contributed by atoms with Crippen LogP contribution in [0.3, 0.4) is 0 Å². The molecule has 0 saturated carbocycles. The summed E-state index contributed by atoms with van der Waals surface area (Å²) >= 11 is 0. The molecule has 0 bridgehead atoms. The lowest BCUT2D eigenvalue weighted by Gasteiger charge is -2.10. The molecule has 0 saturated heterocycles. The van der Waals surface area contributed by atoms with Crippen LogP contribution in [0, 0.1) is 0 Å². The molecule has 0 aliphatic rings. The number of aromatic nitrogens is 1. The van der Waals surface area contributed by atoms with Gasteiger partial charge in [0.05, 0.1) is 12.7 Å². The molecule has 2 N–H and O–H groups in total. The third-order valence-electron chi connectivity index (χ3n) is 2.81. The molecule has 0 unspecified atom stereocenters. The van der Waals surface area contributed by atoms with Crippen molar-refractivity contribution in [1.82, 2.24) is 5.16 Å². The Balaban J connectivity index is 2.61. The highest BCUT2D eigenvalue weighted by atomic mass is 16.5. The summed E-state index contributed by atoms with van der Waals surface area (Å²) in [7, 11) is 1.44. The van der Waals surface area contributed by atoms with Gasteiger partial charge in [-0.05, 0) is 18.1 Å². The highest BCUT2D eigenvalue weighted by molar-refractivity contribution is 5.86. The molecule has 0 amide bonds. The zero-order valence-corrected chi connectivity index (χ0v) is 10.5. The monoisotopic (exact) mass is 263 g/mol. The number of methoxy groups -OCH3 is 1. The van der Waals surface area contributed by atoms with Crippen LogP contribution in [0.4, 0.5) is 0 Å². The Morgan fingerprint density at radius 3 is 2.74 bits per heavy atom. The molecule has 2 rings (SSSR count). The summed E-state index contributed by atoms with van der Waals surface area (Å²) < 4.78 is 9.74. The standard InChI is InChI=1S/C13H13NO5/c1-3-7-4-5-9(18-2)12(15)11(7)8-6-10(13(16)17)19-14-8/h4-6,15H,3H2,1-2H3,(H,16,17). The average Bonchev–Trinajstić information content (AvgIpc) is 2.87. The zero-order valence-electron chi connectivity index (χ0n) is 10.5. The lowest BCUT2D eigenvalue weighted by molar-refractivity contribution is 0.0652. The van der Waals surface area contributed by atoms with Crippen molar-refractivity contribution in [2.75, 3.05) is 7.11 Å². The minimum Gasteiger partial charge on any atom is -0.504 e.